The zero-order chi connectivity index (χ0) is 15.0. The van der Waals surface area contributed by atoms with Crippen molar-refractivity contribution in [1.29, 1.82) is 0 Å². The van der Waals surface area contributed by atoms with E-state index in [0.29, 0.717) is 17.3 Å². The van der Waals surface area contributed by atoms with Gasteiger partial charge in [0.1, 0.15) is 0 Å². The van der Waals surface area contributed by atoms with Crippen LogP contribution < -0.4 is 11.1 Å². The molecule has 2 aromatic rings. The molecule has 0 bridgehead atoms. The number of carbonyl (C=O) groups is 1. The van der Waals surface area contributed by atoms with Crippen LogP contribution >= 0.6 is 11.3 Å². The minimum atomic E-state index is -0.198. The highest BCUT2D eigenvalue weighted by atomic mass is 32.1. The maximum Gasteiger partial charge on any atom is 0.274 e. The fourth-order valence-corrected chi connectivity index (χ4v) is 3.48. The lowest BCUT2D eigenvalue weighted by Gasteiger charge is -2.12. The number of amides is 1. The first-order valence-electron chi connectivity index (χ1n) is 7.24. The number of anilines is 1. The Balaban J connectivity index is 1.62. The van der Waals surface area contributed by atoms with E-state index in [9.17, 15) is 4.79 Å². The summed E-state index contributed by atoms with van der Waals surface area (Å²) in [6.07, 6.45) is 3.08. The van der Waals surface area contributed by atoms with Gasteiger partial charge in [0.15, 0.2) is 5.69 Å². The number of nitrogens with zero attached hydrogens (tertiary/aromatic N) is 1. The topological polar surface area (TPSA) is 83.8 Å². The van der Waals surface area contributed by atoms with Gasteiger partial charge in [0, 0.05) is 28.1 Å². The van der Waals surface area contributed by atoms with E-state index < -0.39 is 0 Å². The number of carbonyl (C=O) groups excluding carboxylic acids is 1. The predicted molar refractivity (Wildman–Crippen MR) is 84.7 cm³/mol. The predicted octanol–water partition coefficient (Wildman–Crippen LogP) is 2.60. The molecule has 2 aromatic heterocycles. The molecule has 2 heterocycles. The highest BCUT2D eigenvalue weighted by molar-refractivity contribution is 7.11. The normalized spacial score (nSPS) is 15.9. The van der Waals surface area contributed by atoms with Gasteiger partial charge < -0.3 is 11.1 Å². The number of nitrogen functional groups attached to an aromatic ring is 1. The van der Waals surface area contributed by atoms with Gasteiger partial charge in [0.2, 0.25) is 0 Å². The third kappa shape index (κ3) is 3.10. The molecule has 6 heteroatoms. The Kier molecular flexibility index (Phi) is 3.71. The minimum Gasteiger partial charge on any atom is -0.395 e. The summed E-state index contributed by atoms with van der Waals surface area (Å²) >= 11 is 1.76. The van der Waals surface area contributed by atoms with Gasteiger partial charge in [0.05, 0.1) is 11.4 Å². The SMILES string of the molecule is Cc1ccc(CC(C)NC(=O)c2n[nH]c(C3CC3)c2N)s1. The molecule has 4 N–H and O–H groups in total. The fraction of sp³-hybridized carbons (Fsp3) is 0.467. The molecule has 0 spiro atoms. The first-order chi connectivity index (χ1) is 10.0. The second kappa shape index (κ2) is 5.52. The summed E-state index contributed by atoms with van der Waals surface area (Å²) in [6.45, 7) is 4.08. The Labute approximate surface area is 127 Å². The van der Waals surface area contributed by atoms with E-state index in [-0.39, 0.29) is 11.9 Å². The number of H-pyrrole nitrogens is 1. The van der Waals surface area contributed by atoms with Crippen molar-refractivity contribution in [3.8, 4) is 0 Å². The Morgan fingerprint density at radius 1 is 1.57 bits per heavy atom. The monoisotopic (exact) mass is 304 g/mol. The molecular formula is C15H20N4OS. The van der Waals surface area contributed by atoms with E-state index in [1.165, 1.54) is 9.75 Å². The number of nitrogens with one attached hydrogen (secondary N) is 2. The largest absolute Gasteiger partial charge is 0.395 e. The number of aryl methyl sites for hydroxylation is 1. The van der Waals surface area contributed by atoms with Gasteiger partial charge in [0.25, 0.3) is 5.91 Å². The van der Waals surface area contributed by atoms with Gasteiger partial charge in [-0.2, -0.15) is 5.10 Å². The summed E-state index contributed by atoms with van der Waals surface area (Å²) in [5.41, 5.74) is 7.78. The highest BCUT2D eigenvalue weighted by Crippen LogP contribution is 2.42. The van der Waals surface area contributed by atoms with E-state index in [0.717, 1.165) is 25.0 Å². The molecular weight excluding hydrogens is 284 g/mol. The summed E-state index contributed by atoms with van der Waals surface area (Å²) < 4.78 is 0. The van der Waals surface area contributed by atoms with Gasteiger partial charge in [-0.3, -0.25) is 9.89 Å². The van der Waals surface area contributed by atoms with Crippen LogP contribution in [0.5, 0.6) is 0 Å². The lowest BCUT2D eigenvalue weighted by Crippen LogP contribution is -2.34. The van der Waals surface area contributed by atoms with Crippen molar-refractivity contribution in [3.05, 3.63) is 33.3 Å². The summed E-state index contributed by atoms with van der Waals surface area (Å²) in [5, 5.41) is 9.96. The van der Waals surface area contributed by atoms with E-state index in [1.807, 2.05) is 6.92 Å². The molecule has 1 aliphatic carbocycles. The van der Waals surface area contributed by atoms with Gasteiger partial charge >= 0.3 is 0 Å². The molecule has 3 rings (SSSR count). The van der Waals surface area contributed by atoms with Crippen LogP contribution in [-0.2, 0) is 6.42 Å². The summed E-state index contributed by atoms with van der Waals surface area (Å²) in [5.74, 6) is 0.266. The van der Waals surface area contributed by atoms with Gasteiger partial charge in [-0.05, 0) is 38.8 Å². The minimum absolute atomic E-state index is 0.0519. The summed E-state index contributed by atoms with van der Waals surface area (Å²) in [7, 11) is 0. The molecule has 112 valence electrons. The number of rotatable bonds is 5. The van der Waals surface area contributed by atoms with E-state index in [4.69, 9.17) is 5.73 Å². The quantitative estimate of drug-likeness (QED) is 0.794. The van der Waals surface area contributed by atoms with Crippen molar-refractivity contribution >= 4 is 22.9 Å². The lowest BCUT2D eigenvalue weighted by molar-refractivity contribution is 0.0936. The first-order valence-corrected chi connectivity index (χ1v) is 8.06. The molecule has 0 aromatic carbocycles. The number of nitrogens with two attached hydrogens (primary N) is 1. The molecule has 1 amide bonds. The molecule has 1 atom stereocenters. The number of thiophene rings is 1. The van der Waals surface area contributed by atoms with Crippen LogP contribution in [0.2, 0.25) is 0 Å². The average Bonchev–Trinajstić information content (AvgIpc) is 3.07. The third-order valence-corrected chi connectivity index (χ3v) is 4.74. The second-order valence-corrected chi connectivity index (χ2v) is 7.14. The van der Waals surface area contributed by atoms with Gasteiger partial charge in [-0.15, -0.1) is 11.3 Å². The van der Waals surface area contributed by atoms with Crippen LogP contribution in [0, 0.1) is 6.92 Å². The lowest BCUT2D eigenvalue weighted by atomic mass is 10.2. The van der Waals surface area contributed by atoms with Crippen molar-refractivity contribution < 1.29 is 4.79 Å². The summed E-state index contributed by atoms with van der Waals surface area (Å²) in [4.78, 5) is 14.8. The van der Waals surface area contributed by atoms with Crippen LogP contribution in [0.3, 0.4) is 0 Å². The molecule has 1 saturated carbocycles. The highest BCUT2D eigenvalue weighted by Gasteiger charge is 2.30. The Morgan fingerprint density at radius 3 is 2.95 bits per heavy atom. The molecule has 21 heavy (non-hydrogen) atoms. The third-order valence-electron chi connectivity index (χ3n) is 3.72. The maximum absolute atomic E-state index is 12.3. The number of hydrogen-bond acceptors (Lipinski definition) is 4. The van der Waals surface area contributed by atoms with Crippen LogP contribution in [0.25, 0.3) is 0 Å². The molecule has 0 aliphatic heterocycles. The standard InChI is InChI=1S/C15H20N4OS/c1-8(7-11-6-3-9(2)21-11)17-15(20)14-12(16)13(18-19-14)10-4-5-10/h3,6,8,10H,4-5,7,16H2,1-2H3,(H,17,20)(H,18,19). The van der Waals surface area contributed by atoms with Crippen LogP contribution in [0.15, 0.2) is 12.1 Å². The van der Waals surface area contributed by atoms with Crippen molar-refractivity contribution in [2.24, 2.45) is 0 Å². The van der Waals surface area contributed by atoms with Crippen molar-refractivity contribution in [2.45, 2.75) is 45.1 Å². The van der Waals surface area contributed by atoms with E-state index in [2.05, 4.69) is 34.6 Å². The fourth-order valence-electron chi connectivity index (χ4n) is 2.46. The Bertz CT molecular complexity index is 656. The molecule has 1 aliphatic rings. The number of aromatic nitrogens is 2. The zero-order valence-electron chi connectivity index (χ0n) is 12.3. The number of aromatic amines is 1. The van der Waals surface area contributed by atoms with Crippen LogP contribution in [0.4, 0.5) is 5.69 Å². The first kappa shape index (κ1) is 14.1. The van der Waals surface area contributed by atoms with Crippen LogP contribution in [-0.4, -0.2) is 22.1 Å². The van der Waals surface area contributed by atoms with Gasteiger partial charge in [-0.1, -0.05) is 0 Å². The molecule has 0 saturated heterocycles. The van der Waals surface area contributed by atoms with Gasteiger partial charge in [-0.25, -0.2) is 0 Å². The van der Waals surface area contributed by atoms with E-state index in [1.54, 1.807) is 11.3 Å². The molecule has 1 fully saturated rings. The van der Waals surface area contributed by atoms with Crippen molar-refractivity contribution in [1.82, 2.24) is 15.5 Å². The molecule has 0 radical (unpaired) electrons. The molecule has 1 unspecified atom stereocenters. The maximum atomic E-state index is 12.3. The molecule has 5 nitrogen and oxygen atoms in total. The average molecular weight is 304 g/mol. The smallest absolute Gasteiger partial charge is 0.274 e. The van der Waals surface area contributed by atoms with Crippen LogP contribution in [0.1, 0.15) is 51.6 Å². The van der Waals surface area contributed by atoms with Crippen molar-refractivity contribution in [2.75, 3.05) is 5.73 Å². The zero-order valence-corrected chi connectivity index (χ0v) is 13.1. The Morgan fingerprint density at radius 2 is 2.33 bits per heavy atom. The second-order valence-electron chi connectivity index (χ2n) is 5.76. The number of hydrogen-bond donors (Lipinski definition) is 3. The Hall–Kier alpha value is -1.82. The van der Waals surface area contributed by atoms with E-state index >= 15 is 0 Å². The van der Waals surface area contributed by atoms with Crippen molar-refractivity contribution in [3.63, 3.8) is 0 Å². The summed E-state index contributed by atoms with van der Waals surface area (Å²) in [6, 6.07) is 4.26.